The number of ether oxygens (including phenoxy) is 3. The van der Waals surface area contributed by atoms with E-state index in [0.29, 0.717) is 12.5 Å². The van der Waals surface area contributed by atoms with Crippen molar-refractivity contribution in [1.82, 2.24) is 9.88 Å². The molecule has 4 heterocycles. The predicted octanol–water partition coefficient (Wildman–Crippen LogP) is 2.51. The van der Waals surface area contributed by atoms with E-state index in [0.717, 1.165) is 38.5 Å². The molecule has 5 heteroatoms. The van der Waals surface area contributed by atoms with Gasteiger partial charge in [-0.3, -0.25) is 0 Å². The van der Waals surface area contributed by atoms with Crippen LogP contribution in [0.4, 0.5) is 0 Å². The van der Waals surface area contributed by atoms with Crippen LogP contribution in [-0.2, 0) is 9.47 Å². The molecule has 0 radical (unpaired) electrons. The first-order valence-corrected chi connectivity index (χ1v) is 9.33. The van der Waals surface area contributed by atoms with Crippen molar-refractivity contribution in [3.63, 3.8) is 0 Å². The van der Waals surface area contributed by atoms with Crippen molar-refractivity contribution in [2.75, 3.05) is 39.5 Å². The van der Waals surface area contributed by atoms with Gasteiger partial charge >= 0.3 is 0 Å². The third kappa shape index (κ3) is 3.90. The fourth-order valence-electron chi connectivity index (χ4n) is 4.39. The van der Waals surface area contributed by atoms with E-state index in [1.54, 1.807) is 6.20 Å². The number of nitrogens with zero attached hydrogens (tertiary/aromatic N) is 2. The summed E-state index contributed by atoms with van der Waals surface area (Å²) in [6.07, 6.45) is 7.66. The van der Waals surface area contributed by atoms with Crippen molar-refractivity contribution in [2.24, 2.45) is 5.92 Å². The highest BCUT2D eigenvalue weighted by molar-refractivity contribution is 5.10. The van der Waals surface area contributed by atoms with Crippen LogP contribution in [0.3, 0.4) is 0 Å². The fourth-order valence-corrected chi connectivity index (χ4v) is 4.39. The Morgan fingerprint density at radius 1 is 1.29 bits per heavy atom. The lowest BCUT2D eigenvalue weighted by molar-refractivity contribution is -0.0584. The van der Waals surface area contributed by atoms with Crippen LogP contribution >= 0.6 is 0 Å². The molecule has 3 aliphatic rings. The number of piperidine rings is 1. The van der Waals surface area contributed by atoms with Gasteiger partial charge in [-0.05, 0) is 44.2 Å². The largest absolute Gasteiger partial charge is 0.472 e. The molecule has 0 aromatic carbocycles. The Labute approximate surface area is 144 Å². The van der Waals surface area contributed by atoms with Gasteiger partial charge in [-0.15, -0.1) is 0 Å². The molecule has 0 bridgehead atoms. The zero-order chi connectivity index (χ0) is 16.2. The van der Waals surface area contributed by atoms with Crippen molar-refractivity contribution in [2.45, 2.75) is 43.8 Å². The molecule has 1 aromatic rings. The highest BCUT2D eigenvalue weighted by atomic mass is 16.6. The number of hydrogen-bond acceptors (Lipinski definition) is 5. The first-order valence-electron chi connectivity index (χ1n) is 9.33. The average molecular weight is 332 g/mol. The van der Waals surface area contributed by atoms with Crippen LogP contribution in [0.5, 0.6) is 5.88 Å². The van der Waals surface area contributed by atoms with Crippen LogP contribution in [-0.4, -0.2) is 61.0 Å². The molecule has 0 N–H and O–H groups in total. The number of likely N-dealkylation sites (tertiary alicyclic amines) is 1. The summed E-state index contributed by atoms with van der Waals surface area (Å²) < 4.78 is 17.8. The van der Waals surface area contributed by atoms with Crippen molar-refractivity contribution >= 4 is 0 Å². The summed E-state index contributed by atoms with van der Waals surface area (Å²) in [6, 6.07) is 5.79. The van der Waals surface area contributed by atoms with Crippen LogP contribution in [0.15, 0.2) is 24.4 Å². The van der Waals surface area contributed by atoms with Crippen molar-refractivity contribution in [3.05, 3.63) is 24.4 Å². The molecule has 0 amide bonds. The first kappa shape index (κ1) is 16.3. The molecule has 5 nitrogen and oxygen atoms in total. The molecule has 0 unspecified atom stereocenters. The van der Waals surface area contributed by atoms with Gasteiger partial charge in [0.2, 0.25) is 5.88 Å². The average Bonchev–Trinajstić information content (AvgIpc) is 2.98. The Morgan fingerprint density at radius 2 is 2.21 bits per heavy atom. The van der Waals surface area contributed by atoms with E-state index in [1.165, 1.54) is 32.4 Å². The minimum absolute atomic E-state index is 0.0110. The summed E-state index contributed by atoms with van der Waals surface area (Å²) >= 11 is 0. The normalized spacial score (nSPS) is 32.2. The lowest BCUT2D eigenvalue weighted by Gasteiger charge is -2.41. The molecule has 1 aromatic heterocycles. The third-order valence-electron chi connectivity index (χ3n) is 5.58. The smallest absolute Gasteiger partial charge is 0.213 e. The Hall–Kier alpha value is -1.17. The SMILES string of the molecule is c1ccc(O[C@@H]2CO[C@@]3(CCCN(CC4CCOCC4)C3)C2)nc1. The highest BCUT2D eigenvalue weighted by Gasteiger charge is 2.44. The molecule has 0 saturated carbocycles. The van der Waals surface area contributed by atoms with E-state index in [-0.39, 0.29) is 11.7 Å². The van der Waals surface area contributed by atoms with Crippen molar-refractivity contribution in [1.29, 1.82) is 0 Å². The molecule has 1 spiro atoms. The molecule has 24 heavy (non-hydrogen) atoms. The topological polar surface area (TPSA) is 43.8 Å². The summed E-state index contributed by atoms with van der Waals surface area (Å²) in [5.41, 5.74) is -0.0110. The molecule has 3 aliphatic heterocycles. The molecule has 0 aliphatic carbocycles. The predicted molar refractivity (Wildman–Crippen MR) is 91.2 cm³/mol. The van der Waals surface area contributed by atoms with Gasteiger partial charge < -0.3 is 19.1 Å². The molecular formula is C19H28N2O3. The second-order valence-electron chi connectivity index (χ2n) is 7.50. The van der Waals surface area contributed by atoms with Crippen LogP contribution in [0.1, 0.15) is 32.1 Å². The van der Waals surface area contributed by atoms with Crippen LogP contribution < -0.4 is 4.74 Å². The second kappa shape index (κ2) is 7.38. The van der Waals surface area contributed by atoms with Gasteiger partial charge in [0.05, 0.1) is 12.2 Å². The molecule has 3 fully saturated rings. The van der Waals surface area contributed by atoms with E-state index in [4.69, 9.17) is 14.2 Å². The number of hydrogen-bond donors (Lipinski definition) is 0. The van der Waals surface area contributed by atoms with E-state index in [2.05, 4.69) is 9.88 Å². The summed E-state index contributed by atoms with van der Waals surface area (Å²) in [5, 5.41) is 0. The van der Waals surface area contributed by atoms with Crippen LogP contribution in [0.25, 0.3) is 0 Å². The van der Waals surface area contributed by atoms with Gasteiger partial charge in [0, 0.05) is 45.0 Å². The quantitative estimate of drug-likeness (QED) is 0.848. The van der Waals surface area contributed by atoms with Crippen molar-refractivity contribution in [3.8, 4) is 5.88 Å². The van der Waals surface area contributed by atoms with Gasteiger partial charge in [0.25, 0.3) is 0 Å². The number of rotatable bonds is 4. The Bertz CT molecular complexity index is 521. The maximum Gasteiger partial charge on any atom is 0.213 e. The summed E-state index contributed by atoms with van der Waals surface area (Å²) in [4.78, 5) is 6.88. The van der Waals surface area contributed by atoms with Crippen LogP contribution in [0.2, 0.25) is 0 Å². The molecule has 2 atom stereocenters. The molecular weight excluding hydrogens is 304 g/mol. The zero-order valence-electron chi connectivity index (χ0n) is 14.4. The van der Waals surface area contributed by atoms with E-state index in [9.17, 15) is 0 Å². The van der Waals surface area contributed by atoms with Gasteiger partial charge in [0.15, 0.2) is 0 Å². The Balaban J connectivity index is 1.31. The maximum absolute atomic E-state index is 6.27. The minimum Gasteiger partial charge on any atom is -0.472 e. The van der Waals surface area contributed by atoms with Gasteiger partial charge in [-0.2, -0.15) is 0 Å². The van der Waals surface area contributed by atoms with Gasteiger partial charge in [0.1, 0.15) is 6.10 Å². The van der Waals surface area contributed by atoms with E-state index < -0.39 is 0 Å². The Morgan fingerprint density at radius 3 is 3.04 bits per heavy atom. The Kier molecular flexibility index (Phi) is 5.01. The third-order valence-corrected chi connectivity index (χ3v) is 5.58. The summed E-state index contributed by atoms with van der Waals surface area (Å²) in [6.45, 7) is 5.99. The van der Waals surface area contributed by atoms with Gasteiger partial charge in [-0.25, -0.2) is 4.98 Å². The van der Waals surface area contributed by atoms with Crippen LogP contribution in [0, 0.1) is 5.92 Å². The van der Waals surface area contributed by atoms with E-state index >= 15 is 0 Å². The molecule has 132 valence electrons. The summed E-state index contributed by atoms with van der Waals surface area (Å²) in [5.74, 6) is 1.49. The lowest BCUT2D eigenvalue weighted by atomic mass is 9.88. The fraction of sp³-hybridized carbons (Fsp3) is 0.737. The summed E-state index contributed by atoms with van der Waals surface area (Å²) in [7, 11) is 0. The zero-order valence-corrected chi connectivity index (χ0v) is 14.4. The second-order valence-corrected chi connectivity index (χ2v) is 7.50. The minimum atomic E-state index is -0.0110. The monoisotopic (exact) mass is 332 g/mol. The van der Waals surface area contributed by atoms with Gasteiger partial charge in [-0.1, -0.05) is 6.07 Å². The number of aromatic nitrogens is 1. The highest BCUT2D eigenvalue weighted by Crippen LogP contribution is 2.36. The standard InChI is InChI=1S/C19H28N2O3/c1-2-8-20-18(4-1)24-17-12-19(23-14-17)7-3-9-21(15-19)13-16-5-10-22-11-6-16/h1-2,4,8,16-17H,3,5-7,9-15H2/t17-,19-/m0/s1. The van der Waals surface area contributed by atoms with E-state index in [1.807, 2.05) is 18.2 Å². The molecule has 3 saturated heterocycles. The maximum atomic E-state index is 6.27. The lowest BCUT2D eigenvalue weighted by Crippen LogP contribution is -2.49. The molecule has 4 rings (SSSR count). The first-order chi connectivity index (χ1) is 11.8. The number of pyridine rings is 1. The van der Waals surface area contributed by atoms with Crippen molar-refractivity contribution < 1.29 is 14.2 Å².